The molecule has 4 aromatic rings. The molecule has 0 fully saturated rings. The van der Waals surface area contributed by atoms with Gasteiger partial charge in [0.05, 0.1) is 12.8 Å². The van der Waals surface area contributed by atoms with Crippen LogP contribution < -0.4 is 42.4 Å². The van der Waals surface area contributed by atoms with Crippen LogP contribution in [0.1, 0.15) is 12.8 Å². The van der Waals surface area contributed by atoms with Crippen molar-refractivity contribution in [1.29, 1.82) is 0 Å². The molecule has 0 aliphatic carbocycles. The van der Waals surface area contributed by atoms with Gasteiger partial charge in [-0.2, -0.15) is 0 Å². The van der Waals surface area contributed by atoms with Crippen LogP contribution in [0.3, 0.4) is 0 Å². The maximum absolute atomic E-state index is 9.64. The molecule has 4 rings (SSSR count). The summed E-state index contributed by atoms with van der Waals surface area (Å²) in [5.41, 5.74) is 0. The van der Waals surface area contributed by atoms with Crippen molar-refractivity contribution in [3.05, 3.63) is 136 Å². The van der Waals surface area contributed by atoms with Crippen LogP contribution >= 0.6 is 0 Å². The first kappa shape index (κ1) is 27.5. The third-order valence-corrected chi connectivity index (χ3v) is 9.29. The van der Waals surface area contributed by atoms with Gasteiger partial charge in [-0.3, -0.25) is 9.59 Å². The van der Waals surface area contributed by atoms with E-state index < -0.39 is 11.9 Å². The third kappa shape index (κ3) is 13.1. The van der Waals surface area contributed by atoms with Gasteiger partial charge in [0.15, 0.2) is 0 Å². The number of carboxylic acids is 2. The first-order chi connectivity index (χ1) is 16.5. The quantitative estimate of drug-likeness (QED) is 0.260. The molecule has 0 heterocycles. The number of benzene rings is 4. The number of rotatable bonds is 7. The number of hydrogen-bond donors (Lipinski definition) is 2. The maximum atomic E-state index is 9.64. The van der Waals surface area contributed by atoms with Crippen molar-refractivity contribution in [1.82, 2.24) is 0 Å². The SMILES string of the molecule is O=C(O)CCC(=O)O.c1ccc([I-]c2ccccc2)cc1.c1ccc([I-]c2ccccc2)cc1. The molecule has 0 aliphatic heterocycles. The summed E-state index contributed by atoms with van der Waals surface area (Å²) in [5, 5.41) is 15.8. The third-order valence-electron chi connectivity index (χ3n) is 3.92. The average molecular weight is 680 g/mol. The van der Waals surface area contributed by atoms with Crippen molar-refractivity contribution < 1.29 is 62.2 Å². The van der Waals surface area contributed by atoms with E-state index in [4.69, 9.17) is 10.2 Å². The van der Waals surface area contributed by atoms with Crippen molar-refractivity contribution in [2.24, 2.45) is 0 Å². The second kappa shape index (κ2) is 16.8. The molecule has 0 radical (unpaired) electrons. The van der Waals surface area contributed by atoms with E-state index in [0.29, 0.717) is 0 Å². The molecule has 2 N–H and O–H groups in total. The standard InChI is InChI=1S/2C12H10I.C4H6O4/c2*1-3-7-11(8-4-1)13-12-9-5-2-6-10-12;5-3(6)1-2-4(7)8/h2*1-10H;1-2H2,(H,5,6)(H,7,8)/q2*-1;. The Morgan fingerprint density at radius 2 is 0.647 bits per heavy atom. The van der Waals surface area contributed by atoms with Crippen LogP contribution in [0.5, 0.6) is 0 Å². The van der Waals surface area contributed by atoms with E-state index in [1.807, 2.05) is 0 Å². The average Bonchev–Trinajstić information content (AvgIpc) is 2.86. The van der Waals surface area contributed by atoms with Gasteiger partial charge < -0.3 is 10.2 Å². The Bertz CT molecular complexity index is 924. The Kier molecular flexibility index (Phi) is 13.6. The first-order valence-corrected chi connectivity index (χ1v) is 14.8. The summed E-state index contributed by atoms with van der Waals surface area (Å²) in [5.74, 6) is -2.15. The molecule has 0 aromatic heterocycles. The van der Waals surface area contributed by atoms with Crippen LogP contribution in [0.4, 0.5) is 0 Å². The van der Waals surface area contributed by atoms with Gasteiger partial charge in [0.1, 0.15) is 0 Å². The van der Waals surface area contributed by atoms with Crippen molar-refractivity contribution >= 4 is 11.9 Å². The van der Waals surface area contributed by atoms with Crippen molar-refractivity contribution in [3.63, 3.8) is 0 Å². The van der Waals surface area contributed by atoms with E-state index >= 15 is 0 Å². The molecule has 178 valence electrons. The first-order valence-electron chi connectivity index (χ1n) is 10.5. The van der Waals surface area contributed by atoms with Crippen LogP contribution in [0.2, 0.25) is 0 Å². The molecule has 0 atom stereocenters. The normalized spacial score (nSPS) is 9.76. The van der Waals surface area contributed by atoms with Crippen molar-refractivity contribution in [2.45, 2.75) is 12.8 Å². The van der Waals surface area contributed by atoms with E-state index in [-0.39, 0.29) is 55.3 Å². The van der Waals surface area contributed by atoms with Crippen LogP contribution in [0.25, 0.3) is 0 Å². The van der Waals surface area contributed by atoms with E-state index in [1.165, 1.54) is 14.3 Å². The number of halogens is 2. The van der Waals surface area contributed by atoms with Gasteiger partial charge in [0, 0.05) is 0 Å². The Labute approximate surface area is 221 Å². The van der Waals surface area contributed by atoms with Crippen LogP contribution in [0, 0.1) is 14.3 Å². The zero-order chi connectivity index (χ0) is 24.4. The van der Waals surface area contributed by atoms with Crippen LogP contribution in [-0.2, 0) is 9.59 Å². The Morgan fingerprint density at radius 1 is 0.441 bits per heavy atom. The molecule has 0 unspecified atom stereocenters. The van der Waals surface area contributed by atoms with Gasteiger partial charge in [-0.15, -0.1) is 0 Å². The minimum atomic E-state index is -1.08. The molecule has 0 aliphatic rings. The second-order valence-electron chi connectivity index (χ2n) is 6.66. The summed E-state index contributed by atoms with van der Waals surface area (Å²) in [4.78, 5) is 19.3. The van der Waals surface area contributed by atoms with Crippen molar-refractivity contribution in [2.75, 3.05) is 0 Å². The number of aliphatic carboxylic acids is 2. The Balaban J connectivity index is 0.000000187. The fourth-order valence-corrected chi connectivity index (χ4v) is 6.91. The van der Waals surface area contributed by atoms with E-state index in [9.17, 15) is 9.59 Å². The fraction of sp³-hybridized carbons (Fsp3) is 0.0714. The Hall–Kier alpha value is -2.72. The van der Waals surface area contributed by atoms with Gasteiger partial charge in [-0.05, 0) is 0 Å². The van der Waals surface area contributed by atoms with Gasteiger partial charge in [0.2, 0.25) is 0 Å². The minimum absolute atomic E-state index is 0.0287. The summed E-state index contributed by atoms with van der Waals surface area (Å²) in [6.07, 6.45) is -0.593. The summed E-state index contributed by atoms with van der Waals surface area (Å²) in [6.45, 7) is 0. The molecule has 0 saturated heterocycles. The predicted molar refractivity (Wildman–Crippen MR) is 125 cm³/mol. The van der Waals surface area contributed by atoms with E-state index in [1.54, 1.807) is 0 Å². The second-order valence-corrected chi connectivity index (χ2v) is 12.7. The molecular formula is C28H26I2O4-2. The Morgan fingerprint density at radius 3 is 0.824 bits per heavy atom. The summed E-state index contributed by atoms with van der Waals surface area (Å²) in [6, 6.07) is 42.8. The van der Waals surface area contributed by atoms with Crippen LogP contribution in [-0.4, -0.2) is 22.2 Å². The van der Waals surface area contributed by atoms with Crippen LogP contribution in [0.15, 0.2) is 121 Å². The summed E-state index contributed by atoms with van der Waals surface area (Å²) in [7, 11) is 0. The molecule has 0 saturated carbocycles. The van der Waals surface area contributed by atoms with E-state index in [0.717, 1.165) is 0 Å². The number of carboxylic acid groups (broad SMARTS) is 2. The fourth-order valence-electron chi connectivity index (χ4n) is 2.38. The molecule has 4 aromatic carbocycles. The molecule has 6 heteroatoms. The summed E-state index contributed by atoms with van der Waals surface area (Å²) < 4.78 is 5.92. The molecule has 0 bridgehead atoms. The summed E-state index contributed by atoms with van der Waals surface area (Å²) >= 11 is 0.0574. The van der Waals surface area contributed by atoms with Gasteiger partial charge in [0.25, 0.3) is 0 Å². The van der Waals surface area contributed by atoms with Gasteiger partial charge in [-0.25, -0.2) is 0 Å². The molecule has 0 spiro atoms. The number of hydrogen-bond acceptors (Lipinski definition) is 2. The molecule has 0 amide bonds. The molecular weight excluding hydrogens is 654 g/mol. The zero-order valence-electron chi connectivity index (χ0n) is 18.4. The van der Waals surface area contributed by atoms with Gasteiger partial charge >= 0.3 is 190 Å². The molecule has 4 nitrogen and oxygen atoms in total. The topological polar surface area (TPSA) is 74.6 Å². The van der Waals surface area contributed by atoms with Crippen molar-refractivity contribution in [3.8, 4) is 0 Å². The van der Waals surface area contributed by atoms with Gasteiger partial charge in [-0.1, -0.05) is 0 Å². The predicted octanol–water partition coefficient (Wildman–Crippen LogP) is -0.434. The van der Waals surface area contributed by atoms with E-state index in [2.05, 4.69) is 121 Å². The monoisotopic (exact) mass is 680 g/mol. The number of carbonyl (C=O) groups is 2. The molecule has 34 heavy (non-hydrogen) atoms. The zero-order valence-corrected chi connectivity index (χ0v) is 22.7.